The minimum Gasteiger partial charge on any atom is -0.357 e. The molecule has 1 aliphatic rings. The van der Waals surface area contributed by atoms with Crippen LogP contribution in [-0.4, -0.2) is 10.7 Å². The lowest BCUT2D eigenvalue weighted by molar-refractivity contribution is -0.384. The lowest BCUT2D eigenvalue weighted by atomic mass is 10.1. The minimum atomic E-state index is -0.450. The third kappa shape index (κ3) is 3.38. The number of hydrogen-bond donors (Lipinski definition) is 1. The molecule has 6 heteroatoms. The van der Waals surface area contributed by atoms with E-state index in [0.29, 0.717) is 4.91 Å². The lowest BCUT2D eigenvalue weighted by Gasteiger charge is -2.20. The first-order valence-electron chi connectivity index (χ1n) is 7.26. The lowest BCUT2D eigenvalue weighted by Crippen LogP contribution is -2.10. The number of carbonyl (C=O) groups excluding carboxylic acids is 1. The molecule has 0 saturated heterocycles. The molecule has 0 aliphatic carbocycles. The quantitative estimate of drug-likeness (QED) is 0.500. The van der Waals surface area contributed by atoms with Crippen molar-refractivity contribution >= 4 is 35.0 Å². The molecular weight excluding hydrogens is 324 g/mol. The molecule has 24 heavy (non-hydrogen) atoms. The molecule has 0 unspecified atom stereocenters. The number of thioether (sulfide) groups is 1. The van der Waals surface area contributed by atoms with Crippen LogP contribution < -0.4 is 5.32 Å². The summed E-state index contributed by atoms with van der Waals surface area (Å²) in [5.41, 5.74) is 2.58. The Kier molecular flexibility index (Phi) is 4.48. The van der Waals surface area contributed by atoms with Gasteiger partial charge in [-0.1, -0.05) is 30.0 Å². The van der Waals surface area contributed by atoms with E-state index in [1.165, 1.54) is 30.0 Å². The van der Waals surface area contributed by atoms with E-state index in [4.69, 9.17) is 0 Å². The number of nitro groups is 1. The molecule has 5 nitrogen and oxygen atoms in total. The minimum absolute atomic E-state index is 0.0284. The smallest absolute Gasteiger partial charge is 0.269 e. The van der Waals surface area contributed by atoms with Gasteiger partial charge < -0.3 is 5.32 Å². The molecule has 0 spiro atoms. The number of para-hydroxylation sites is 1. The summed E-state index contributed by atoms with van der Waals surface area (Å²) in [5.74, 6) is -0.0992. The van der Waals surface area contributed by atoms with Gasteiger partial charge in [-0.25, -0.2) is 0 Å². The molecule has 0 bridgehead atoms. The van der Waals surface area contributed by atoms with Gasteiger partial charge in [0, 0.05) is 22.7 Å². The van der Waals surface area contributed by atoms with Crippen molar-refractivity contribution in [3.8, 4) is 0 Å². The van der Waals surface area contributed by atoms with Gasteiger partial charge in [0.05, 0.1) is 15.5 Å². The number of non-ortho nitro benzene ring substituents is 1. The summed E-state index contributed by atoms with van der Waals surface area (Å²) in [4.78, 5) is 24.3. The van der Waals surface area contributed by atoms with Crippen LogP contribution in [0, 0.1) is 10.1 Å². The van der Waals surface area contributed by atoms with Gasteiger partial charge in [-0.05, 0) is 42.8 Å². The Morgan fingerprint density at radius 2 is 1.88 bits per heavy atom. The molecule has 2 aromatic rings. The number of anilines is 1. The van der Waals surface area contributed by atoms with Crippen molar-refractivity contribution in [2.24, 2.45) is 0 Å². The average Bonchev–Trinajstić information content (AvgIpc) is 2.59. The number of nitrogens with one attached hydrogen (secondary N) is 1. The Balaban J connectivity index is 1.76. The molecule has 0 radical (unpaired) electrons. The largest absolute Gasteiger partial charge is 0.357 e. The van der Waals surface area contributed by atoms with Gasteiger partial charge in [-0.2, -0.15) is 0 Å². The van der Waals surface area contributed by atoms with Crippen molar-refractivity contribution in [1.82, 2.24) is 0 Å². The SMILES string of the molecule is CC1=C(C(=O)/C=C/c2ccc([N+](=O)[O-])cc2)Sc2ccccc2N1. The number of carbonyl (C=O) groups is 1. The van der Waals surface area contributed by atoms with E-state index in [1.54, 1.807) is 18.2 Å². The zero-order valence-electron chi connectivity index (χ0n) is 12.9. The highest BCUT2D eigenvalue weighted by Gasteiger charge is 2.19. The van der Waals surface area contributed by atoms with Crippen LogP contribution in [0.1, 0.15) is 12.5 Å². The van der Waals surface area contributed by atoms with Crippen LogP contribution in [0.4, 0.5) is 11.4 Å². The van der Waals surface area contributed by atoms with Crippen LogP contribution in [0.2, 0.25) is 0 Å². The maximum atomic E-state index is 12.5. The summed E-state index contributed by atoms with van der Waals surface area (Å²) in [6.07, 6.45) is 3.15. The maximum absolute atomic E-state index is 12.5. The molecular formula is C18H14N2O3S. The van der Waals surface area contributed by atoms with Crippen molar-refractivity contribution in [2.75, 3.05) is 5.32 Å². The van der Waals surface area contributed by atoms with E-state index in [1.807, 2.05) is 31.2 Å². The van der Waals surface area contributed by atoms with Gasteiger partial charge in [0.15, 0.2) is 5.78 Å². The average molecular weight is 338 g/mol. The maximum Gasteiger partial charge on any atom is 0.269 e. The molecule has 0 saturated carbocycles. The number of fused-ring (bicyclic) bond motifs is 1. The van der Waals surface area contributed by atoms with Crippen molar-refractivity contribution in [1.29, 1.82) is 0 Å². The molecule has 0 atom stereocenters. The Morgan fingerprint density at radius 1 is 1.17 bits per heavy atom. The third-order valence-electron chi connectivity index (χ3n) is 3.52. The summed E-state index contributed by atoms with van der Waals surface area (Å²) in [6.45, 7) is 1.87. The van der Waals surface area contributed by atoms with Gasteiger partial charge in [-0.3, -0.25) is 14.9 Å². The van der Waals surface area contributed by atoms with Crippen LogP contribution in [-0.2, 0) is 4.79 Å². The summed E-state index contributed by atoms with van der Waals surface area (Å²) in [5, 5.41) is 13.9. The van der Waals surface area contributed by atoms with Crippen LogP contribution in [0.15, 0.2) is 70.1 Å². The predicted molar refractivity (Wildman–Crippen MR) is 95.8 cm³/mol. The number of rotatable bonds is 4. The number of hydrogen-bond acceptors (Lipinski definition) is 5. The van der Waals surface area contributed by atoms with E-state index >= 15 is 0 Å². The van der Waals surface area contributed by atoms with Gasteiger partial charge in [0.1, 0.15) is 0 Å². The fourth-order valence-corrected chi connectivity index (χ4v) is 3.26. The van der Waals surface area contributed by atoms with Crippen molar-refractivity contribution in [3.63, 3.8) is 0 Å². The van der Waals surface area contributed by atoms with Crippen LogP contribution in [0.25, 0.3) is 6.08 Å². The standard InChI is InChI=1S/C18H14N2O3S/c1-12-18(24-17-5-3-2-4-15(17)19-12)16(21)11-8-13-6-9-14(10-7-13)20(22)23/h2-11,19H,1H3/b11-8+. The highest BCUT2D eigenvalue weighted by atomic mass is 32.2. The molecule has 0 aromatic heterocycles. The van der Waals surface area contributed by atoms with Gasteiger partial charge in [-0.15, -0.1) is 0 Å². The molecule has 1 heterocycles. The molecule has 0 amide bonds. The van der Waals surface area contributed by atoms with Gasteiger partial charge in [0.2, 0.25) is 0 Å². The zero-order chi connectivity index (χ0) is 17.1. The highest BCUT2D eigenvalue weighted by molar-refractivity contribution is 8.04. The molecule has 1 N–H and O–H groups in total. The second-order valence-electron chi connectivity index (χ2n) is 5.22. The van der Waals surface area contributed by atoms with E-state index in [2.05, 4.69) is 5.32 Å². The fraction of sp³-hybridized carbons (Fsp3) is 0.0556. The molecule has 2 aromatic carbocycles. The second-order valence-corrected chi connectivity index (χ2v) is 6.28. The van der Waals surface area contributed by atoms with Crippen molar-refractivity contribution in [3.05, 3.63) is 80.9 Å². The third-order valence-corrected chi connectivity index (χ3v) is 4.80. The zero-order valence-corrected chi connectivity index (χ0v) is 13.7. The first-order valence-corrected chi connectivity index (χ1v) is 8.08. The second kappa shape index (κ2) is 6.72. The Labute approximate surface area is 143 Å². The topological polar surface area (TPSA) is 72.2 Å². The van der Waals surface area contributed by atoms with Crippen molar-refractivity contribution < 1.29 is 9.72 Å². The van der Waals surface area contributed by atoms with Crippen LogP contribution in [0.5, 0.6) is 0 Å². The Morgan fingerprint density at radius 3 is 2.58 bits per heavy atom. The van der Waals surface area contributed by atoms with E-state index in [0.717, 1.165) is 21.8 Å². The Bertz CT molecular complexity index is 870. The van der Waals surface area contributed by atoms with Crippen molar-refractivity contribution in [2.45, 2.75) is 11.8 Å². The van der Waals surface area contributed by atoms with Gasteiger partial charge >= 0.3 is 0 Å². The van der Waals surface area contributed by atoms with E-state index in [-0.39, 0.29) is 11.5 Å². The van der Waals surface area contributed by atoms with Gasteiger partial charge in [0.25, 0.3) is 5.69 Å². The van der Waals surface area contributed by atoms with E-state index < -0.39 is 4.92 Å². The monoisotopic (exact) mass is 338 g/mol. The first kappa shape index (κ1) is 16.0. The summed E-state index contributed by atoms with van der Waals surface area (Å²) < 4.78 is 0. The fourth-order valence-electron chi connectivity index (χ4n) is 2.29. The molecule has 1 aliphatic heterocycles. The number of ketones is 1. The summed E-state index contributed by atoms with van der Waals surface area (Å²) >= 11 is 1.44. The number of nitro benzene ring substituents is 1. The predicted octanol–water partition coefficient (Wildman–Crippen LogP) is 4.63. The highest BCUT2D eigenvalue weighted by Crippen LogP contribution is 2.39. The molecule has 0 fully saturated rings. The summed E-state index contributed by atoms with van der Waals surface area (Å²) in [6, 6.07) is 13.9. The first-order chi connectivity index (χ1) is 11.5. The number of allylic oxidation sites excluding steroid dienone is 3. The number of nitrogens with zero attached hydrogens (tertiary/aromatic N) is 1. The molecule has 3 rings (SSSR count). The van der Waals surface area contributed by atoms with Crippen LogP contribution in [0.3, 0.4) is 0 Å². The Hall–Kier alpha value is -2.86. The molecule has 120 valence electrons. The summed E-state index contributed by atoms with van der Waals surface area (Å²) in [7, 11) is 0. The van der Waals surface area contributed by atoms with E-state index in [9.17, 15) is 14.9 Å². The normalized spacial score (nSPS) is 13.5. The number of benzene rings is 2. The van der Waals surface area contributed by atoms with Crippen LogP contribution >= 0.6 is 11.8 Å².